The zero-order chi connectivity index (χ0) is 32.8. The van der Waals surface area contributed by atoms with Gasteiger partial charge in [-0.15, -0.1) is 0 Å². The third kappa shape index (κ3) is 3.81. The van der Waals surface area contributed by atoms with Crippen LogP contribution in [0, 0.1) is 0 Å². The molecule has 4 aromatic heterocycles. The maximum absolute atomic E-state index is 6.59. The number of benzene rings is 7. The van der Waals surface area contributed by atoms with Crippen molar-refractivity contribution >= 4 is 71.1 Å². The normalized spacial score (nSPS) is 12.0. The third-order valence-corrected chi connectivity index (χ3v) is 10.2. The Kier molecular flexibility index (Phi) is 5.63. The highest BCUT2D eigenvalue weighted by Gasteiger charge is 2.22. The van der Waals surface area contributed by atoms with Crippen LogP contribution in [0.5, 0.6) is 0 Å². The number of aromatic nitrogens is 3. The van der Waals surface area contributed by atoms with Crippen LogP contribution in [0.25, 0.3) is 105 Å². The molecule has 0 spiro atoms. The number of para-hydroxylation sites is 2. The molecular weight excluding hydrogens is 611 g/mol. The van der Waals surface area contributed by atoms with Gasteiger partial charge in [0.05, 0.1) is 16.7 Å². The second-order valence-electron chi connectivity index (χ2n) is 12.9. The molecular formula is C46H27N3O. The van der Waals surface area contributed by atoms with E-state index in [0.29, 0.717) is 0 Å². The Hall–Kier alpha value is -6.78. The van der Waals surface area contributed by atoms with Crippen molar-refractivity contribution in [1.82, 2.24) is 14.4 Å². The first-order chi connectivity index (χ1) is 24.8. The summed E-state index contributed by atoms with van der Waals surface area (Å²) < 4.78 is 8.75. The van der Waals surface area contributed by atoms with E-state index in [1.54, 1.807) is 0 Å². The van der Waals surface area contributed by atoms with Gasteiger partial charge in [-0.25, -0.2) is 9.97 Å². The molecule has 4 heteroatoms. The summed E-state index contributed by atoms with van der Waals surface area (Å²) in [4.78, 5) is 10.5. The van der Waals surface area contributed by atoms with Gasteiger partial charge in [0.2, 0.25) is 0 Å². The molecule has 50 heavy (non-hydrogen) atoms. The first-order valence-corrected chi connectivity index (χ1v) is 16.9. The summed E-state index contributed by atoms with van der Waals surface area (Å²) in [5.74, 6) is 0. The summed E-state index contributed by atoms with van der Waals surface area (Å²) in [7, 11) is 0. The molecule has 0 aliphatic heterocycles. The zero-order valence-corrected chi connectivity index (χ0v) is 26.8. The van der Waals surface area contributed by atoms with Crippen molar-refractivity contribution in [2.75, 3.05) is 0 Å². The van der Waals surface area contributed by atoms with E-state index in [9.17, 15) is 0 Å². The Morgan fingerprint density at radius 3 is 1.90 bits per heavy atom. The van der Waals surface area contributed by atoms with E-state index in [0.717, 1.165) is 71.9 Å². The molecule has 0 saturated heterocycles. The Morgan fingerprint density at radius 1 is 0.460 bits per heavy atom. The van der Waals surface area contributed by atoms with Gasteiger partial charge in [0.25, 0.3) is 0 Å². The molecule has 11 rings (SSSR count). The van der Waals surface area contributed by atoms with Crippen LogP contribution in [0.2, 0.25) is 0 Å². The highest BCUT2D eigenvalue weighted by Crippen LogP contribution is 2.47. The van der Waals surface area contributed by atoms with Crippen molar-refractivity contribution in [3.8, 4) is 33.5 Å². The molecule has 0 amide bonds. The summed E-state index contributed by atoms with van der Waals surface area (Å²) in [5.41, 5.74) is 12.2. The minimum Gasteiger partial charge on any atom is -0.455 e. The van der Waals surface area contributed by atoms with Gasteiger partial charge in [-0.1, -0.05) is 127 Å². The van der Waals surface area contributed by atoms with Gasteiger partial charge in [0, 0.05) is 39.0 Å². The third-order valence-electron chi connectivity index (χ3n) is 10.2. The van der Waals surface area contributed by atoms with Crippen LogP contribution in [0.4, 0.5) is 0 Å². The monoisotopic (exact) mass is 637 g/mol. The second-order valence-corrected chi connectivity index (χ2v) is 12.9. The standard InChI is InChI=1S/C46H27N3O/c1-2-13-28(14-3-1)43-45-44(48-40-23-10-11-26-49(40)45)37-27-29(24-25-38(37)47-43)41-31-16-4-6-18-33(31)42(34-19-7-5-17-32(34)41)36-21-12-20-35-30-15-8-9-22-39(30)50-46(35)36/h1-27H. The predicted molar refractivity (Wildman–Crippen MR) is 207 cm³/mol. The topological polar surface area (TPSA) is 43.3 Å². The SMILES string of the molecule is c1ccc(-c2nc3ccc(-c4c5ccccc5c(-c5cccc6c5oc5ccccc56)c5ccccc45)cc3c3nc4ccccn4c23)cc1. The molecule has 232 valence electrons. The Morgan fingerprint density at radius 2 is 1.12 bits per heavy atom. The Bertz CT molecular complexity index is 3100. The van der Waals surface area contributed by atoms with Crippen molar-refractivity contribution in [1.29, 1.82) is 0 Å². The fraction of sp³-hybridized carbons (Fsp3) is 0. The quantitative estimate of drug-likeness (QED) is 0.181. The van der Waals surface area contributed by atoms with E-state index in [1.807, 2.05) is 18.2 Å². The molecule has 0 N–H and O–H groups in total. The van der Waals surface area contributed by atoms with E-state index < -0.39 is 0 Å². The Balaban J connectivity index is 1.23. The number of hydrogen-bond acceptors (Lipinski definition) is 3. The number of nitrogens with zero attached hydrogens (tertiary/aromatic N) is 3. The largest absolute Gasteiger partial charge is 0.455 e. The molecule has 0 aliphatic carbocycles. The highest BCUT2D eigenvalue weighted by atomic mass is 16.3. The van der Waals surface area contributed by atoms with Crippen LogP contribution in [0.3, 0.4) is 0 Å². The molecule has 0 aliphatic rings. The fourth-order valence-electron chi connectivity index (χ4n) is 8.03. The molecule has 0 bridgehead atoms. The van der Waals surface area contributed by atoms with Crippen LogP contribution >= 0.6 is 0 Å². The summed E-state index contributed by atoms with van der Waals surface area (Å²) in [6.45, 7) is 0. The van der Waals surface area contributed by atoms with Gasteiger partial charge in [-0.05, 0) is 63.0 Å². The van der Waals surface area contributed by atoms with Crippen LogP contribution < -0.4 is 0 Å². The first kappa shape index (κ1) is 27.2. The van der Waals surface area contributed by atoms with E-state index >= 15 is 0 Å². The van der Waals surface area contributed by atoms with Crippen molar-refractivity contribution in [2.24, 2.45) is 0 Å². The fourth-order valence-corrected chi connectivity index (χ4v) is 8.03. The Labute approximate surface area is 286 Å². The molecule has 0 saturated carbocycles. The number of imidazole rings is 1. The highest BCUT2D eigenvalue weighted by molar-refractivity contribution is 6.25. The number of fused-ring (bicyclic) bond motifs is 10. The molecule has 11 aromatic rings. The van der Waals surface area contributed by atoms with Crippen LogP contribution in [0.1, 0.15) is 0 Å². The van der Waals surface area contributed by atoms with Gasteiger partial charge >= 0.3 is 0 Å². The lowest BCUT2D eigenvalue weighted by Gasteiger charge is -2.18. The summed E-state index contributed by atoms with van der Waals surface area (Å²) in [6, 6.07) is 55.6. The molecule has 4 heterocycles. The average Bonchev–Trinajstić information content (AvgIpc) is 3.76. The van der Waals surface area contributed by atoms with E-state index in [-0.39, 0.29) is 0 Å². The van der Waals surface area contributed by atoms with Gasteiger partial charge in [0.1, 0.15) is 22.3 Å². The van der Waals surface area contributed by atoms with E-state index in [2.05, 4.69) is 150 Å². The zero-order valence-electron chi connectivity index (χ0n) is 26.8. The maximum atomic E-state index is 6.59. The van der Waals surface area contributed by atoms with Crippen molar-refractivity contribution in [2.45, 2.75) is 0 Å². The molecule has 7 aromatic carbocycles. The summed E-state index contributed by atoms with van der Waals surface area (Å²) >= 11 is 0. The summed E-state index contributed by atoms with van der Waals surface area (Å²) in [5, 5.41) is 8.04. The molecule has 0 unspecified atom stereocenters. The van der Waals surface area contributed by atoms with E-state index in [4.69, 9.17) is 14.4 Å². The van der Waals surface area contributed by atoms with Crippen molar-refractivity contribution in [3.05, 3.63) is 164 Å². The van der Waals surface area contributed by atoms with Crippen LogP contribution in [0.15, 0.2) is 168 Å². The molecule has 0 radical (unpaired) electrons. The van der Waals surface area contributed by atoms with Crippen LogP contribution in [-0.4, -0.2) is 14.4 Å². The molecule has 0 fully saturated rings. The minimum absolute atomic E-state index is 0.902. The van der Waals surface area contributed by atoms with Gasteiger partial charge in [-0.3, -0.25) is 4.40 Å². The summed E-state index contributed by atoms with van der Waals surface area (Å²) in [6.07, 6.45) is 2.08. The second kappa shape index (κ2) is 10.4. The van der Waals surface area contributed by atoms with Gasteiger partial charge < -0.3 is 4.42 Å². The number of hydrogen-bond donors (Lipinski definition) is 0. The van der Waals surface area contributed by atoms with Crippen molar-refractivity contribution in [3.63, 3.8) is 0 Å². The first-order valence-electron chi connectivity index (χ1n) is 16.9. The smallest absolute Gasteiger partial charge is 0.143 e. The number of rotatable bonds is 3. The lowest BCUT2D eigenvalue weighted by atomic mass is 9.85. The molecule has 0 atom stereocenters. The lowest BCUT2D eigenvalue weighted by Crippen LogP contribution is -1.93. The maximum Gasteiger partial charge on any atom is 0.143 e. The number of furan rings is 1. The van der Waals surface area contributed by atoms with Crippen molar-refractivity contribution < 1.29 is 4.42 Å². The van der Waals surface area contributed by atoms with Crippen LogP contribution in [-0.2, 0) is 0 Å². The van der Waals surface area contributed by atoms with Gasteiger partial charge in [0.15, 0.2) is 0 Å². The van der Waals surface area contributed by atoms with Gasteiger partial charge in [-0.2, -0.15) is 0 Å². The van der Waals surface area contributed by atoms with E-state index in [1.165, 1.54) is 32.7 Å². The average molecular weight is 638 g/mol. The number of pyridine rings is 2. The predicted octanol–water partition coefficient (Wildman–Crippen LogP) is 12.2. The lowest BCUT2D eigenvalue weighted by molar-refractivity contribution is 0.670. The molecule has 4 nitrogen and oxygen atoms in total. The minimum atomic E-state index is 0.902.